The van der Waals surface area contributed by atoms with E-state index in [-0.39, 0.29) is 0 Å². The molecule has 20 heavy (non-hydrogen) atoms. The number of anilines is 2. The van der Waals surface area contributed by atoms with Crippen molar-refractivity contribution in [2.45, 2.75) is 40.0 Å². The Labute approximate surface area is 120 Å². The van der Waals surface area contributed by atoms with Crippen LogP contribution in [0.3, 0.4) is 0 Å². The molecule has 1 heterocycles. The van der Waals surface area contributed by atoms with Crippen molar-refractivity contribution >= 4 is 11.9 Å². The van der Waals surface area contributed by atoms with E-state index in [4.69, 9.17) is 4.74 Å². The van der Waals surface area contributed by atoms with E-state index in [9.17, 15) is 0 Å². The molecule has 1 aliphatic carbocycles. The van der Waals surface area contributed by atoms with Gasteiger partial charge in [-0.1, -0.05) is 13.3 Å². The molecular weight excluding hydrogens is 254 g/mol. The van der Waals surface area contributed by atoms with Gasteiger partial charge in [-0.05, 0) is 38.5 Å². The van der Waals surface area contributed by atoms with Gasteiger partial charge in [0, 0.05) is 13.1 Å². The van der Waals surface area contributed by atoms with Crippen LogP contribution < -0.4 is 15.4 Å². The molecule has 6 nitrogen and oxygen atoms in total. The molecule has 0 radical (unpaired) electrons. The summed E-state index contributed by atoms with van der Waals surface area (Å²) in [5, 5.41) is 6.42. The average molecular weight is 279 g/mol. The molecule has 2 unspecified atom stereocenters. The van der Waals surface area contributed by atoms with Gasteiger partial charge >= 0.3 is 6.01 Å². The summed E-state index contributed by atoms with van der Waals surface area (Å²) in [6, 6.07) is 0.376. The minimum atomic E-state index is 0.376. The molecule has 0 aliphatic heterocycles. The standard InChI is InChI=1S/C14H25N5O/c1-4-15-12-17-13(19-14(18-12)20-5-2)16-9-11-7-6-10(3)8-11/h10-11H,4-9H2,1-3H3,(H2,15,16,17,18,19). The third-order valence-corrected chi connectivity index (χ3v) is 3.58. The first kappa shape index (κ1) is 14.8. The SMILES string of the molecule is CCNc1nc(NCC2CCC(C)C2)nc(OCC)n1. The Morgan fingerprint density at radius 1 is 1.10 bits per heavy atom. The average Bonchev–Trinajstić information content (AvgIpc) is 2.83. The molecule has 2 N–H and O–H groups in total. The highest BCUT2D eigenvalue weighted by atomic mass is 16.5. The first-order chi connectivity index (χ1) is 9.71. The van der Waals surface area contributed by atoms with Crippen molar-refractivity contribution in [3.63, 3.8) is 0 Å². The molecule has 0 saturated heterocycles. The van der Waals surface area contributed by atoms with Crippen molar-refractivity contribution in [1.82, 2.24) is 15.0 Å². The number of rotatable bonds is 7. The lowest BCUT2D eigenvalue weighted by Crippen LogP contribution is -2.15. The molecule has 1 saturated carbocycles. The smallest absolute Gasteiger partial charge is 0.323 e. The normalized spacial score (nSPS) is 21.8. The maximum Gasteiger partial charge on any atom is 0.323 e. The van der Waals surface area contributed by atoms with Crippen LogP contribution in [0, 0.1) is 11.8 Å². The predicted octanol–water partition coefficient (Wildman–Crippen LogP) is 2.55. The summed E-state index contributed by atoms with van der Waals surface area (Å²) in [7, 11) is 0. The number of nitrogens with one attached hydrogen (secondary N) is 2. The van der Waals surface area contributed by atoms with Crippen molar-refractivity contribution in [2.24, 2.45) is 11.8 Å². The molecule has 1 aromatic heterocycles. The van der Waals surface area contributed by atoms with E-state index in [2.05, 4.69) is 32.5 Å². The van der Waals surface area contributed by atoms with E-state index in [1.165, 1.54) is 19.3 Å². The van der Waals surface area contributed by atoms with Gasteiger partial charge in [0.1, 0.15) is 0 Å². The Hall–Kier alpha value is -1.59. The van der Waals surface area contributed by atoms with E-state index in [0.29, 0.717) is 24.5 Å². The highest BCUT2D eigenvalue weighted by Crippen LogP contribution is 2.30. The van der Waals surface area contributed by atoms with Crippen molar-refractivity contribution in [1.29, 1.82) is 0 Å². The number of ether oxygens (including phenoxy) is 1. The van der Waals surface area contributed by atoms with Gasteiger partial charge in [0.2, 0.25) is 11.9 Å². The fourth-order valence-electron chi connectivity index (χ4n) is 2.61. The summed E-state index contributed by atoms with van der Waals surface area (Å²) in [6.07, 6.45) is 3.91. The summed E-state index contributed by atoms with van der Waals surface area (Å²) in [5.41, 5.74) is 0. The maximum atomic E-state index is 5.38. The molecule has 2 atom stereocenters. The monoisotopic (exact) mass is 279 g/mol. The lowest BCUT2D eigenvalue weighted by atomic mass is 10.1. The summed E-state index contributed by atoms with van der Waals surface area (Å²) >= 11 is 0. The molecule has 2 rings (SSSR count). The van der Waals surface area contributed by atoms with Gasteiger partial charge in [0.15, 0.2) is 0 Å². The molecule has 1 fully saturated rings. The Morgan fingerprint density at radius 2 is 1.85 bits per heavy atom. The second-order valence-corrected chi connectivity index (χ2v) is 5.39. The summed E-state index contributed by atoms with van der Waals surface area (Å²) < 4.78 is 5.38. The minimum Gasteiger partial charge on any atom is -0.464 e. The number of aromatic nitrogens is 3. The van der Waals surface area contributed by atoms with Gasteiger partial charge in [0.25, 0.3) is 0 Å². The van der Waals surface area contributed by atoms with Crippen LogP contribution in [0.2, 0.25) is 0 Å². The van der Waals surface area contributed by atoms with Crippen LogP contribution in [0.4, 0.5) is 11.9 Å². The summed E-state index contributed by atoms with van der Waals surface area (Å²) in [6.45, 7) is 8.50. The Bertz CT molecular complexity index is 402. The highest BCUT2D eigenvalue weighted by molar-refractivity contribution is 5.35. The summed E-state index contributed by atoms with van der Waals surface area (Å²) in [5.74, 6) is 2.73. The van der Waals surface area contributed by atoms with Gasteiger partial charge in [-0.3, -0.25) is 0 Å². The quantitative estimate of drug-likeness (QED) is 0.799. The summed E-state index contributed by atoms with van der Waals surface area (Å²) in [4.78, 5) is 12.9. The van der Waals surface area contributed by atoms with Crippen LogP contribution in [0.25, 0.3) is 0 Å². The zero-order valence-corrected chi connectivity index (χ0v) is 12.6. The van der Waals surface area contributed by atoms with Gasteiger partial charge in [0.05, 0.1) is 6.61 Å². The molecule has 112 valence electrons. The molecule has 1 aromatic rings. The zero-order valence-electron chi connectivity index (χ0n) is 12.6. The largest absolute Gasteiger partial charge is 0.464 e. The van der Waals surface area contributed by atoms with Crippen LogP contribution in [0.15, 0.2) is 0 Å². The van der Waals surface area contributed by atoms with Crippen molar-refractivity contribution in [2.75, 3.05) is 30.3 Å². The molecule has 1 aliphatic rings. The van der Waals surface area contributed by atoms with Crippen LogP contribution >= 0.6 is 0 Å². The van der Waals surface area contributed by atoms with Gasteiger partial charge in [-0.25, -0.2) is 0 Å². The number of hydrogen-bond donors (Lipinski definition) is 2. The topological polar surface area (TPSA) is 72.0 Å². The van der Waals surface area contributed by atoms with Crippen LogP contribution in [-0.4, -0.2) is 34.6 Å². The van der Waals surface area contributed by atoms with Crippen LogP contribution in [-0.2, 0) is 0 Å². The second kappa shape index (κ2) is 7.26. The Balaban J connectivity index is 1.98. The van der Waals surface area contributed by atoms with Crippen LogP contribution in [0.1, 0.15) is 40.0 Å². The van der Waals surface area contributed by atoms with E-state index >= 15 is 0 Å². The molecule has 0 spiro atoms. The molecule has 0 aromatic carbocycles. The lowest BCUT2D eigenvalue weighted by Gasteiger charge is -2.12. The third kappa shape index (κ3) is 4.21. The fraction of sp³-hybridized carbons (Fsp3) is 0.786. The molecular formula is C14H25N5O. The zero-order chi connectivity index (χ0) is 14.4. The maximum absolute atomic E-state index is 5.38. The van der Waals surface area contributed by atoms with Crippen molar-refractivity contribution < 1.29 is 4.74 Å². The second-order valence-electron chi connectivity index (χ2n) is 5.39. The van der Waals surface area contributed by atoms with Crippen molar-refractivity contribution in [3.8, 4) is 6.01 Å². The van der Waals surface area contributed by atoms with Gasteiger partial charge < -0.3 is 15.4 Å². The highest BCUT2D eigenvalue weighted by Gasteiger charge is 2.21. The first-order valence-electron chi connectivity index (χ1n) is 7.57. The van der Waals surface area contributed by atoms with Gasteiger partial charge in [-0.2, -0.15) is 15.0 Å². The molecule has 0 bridgehead atoms. The minimum absolute atomic E-state index is 0.376. The molecule has 0 amide bonds. The van der Waals surface area contributed by atoms with Crippen molar-refractivity contribution in [3.05, 3.63) is 0 Å². The molecule has 6 heteroatoms. The lowest BCUT2D eigenvalue weighted by molar-refractivity contribution is 0.312. The fourth-order valence-corrected chi connectivity index (χ4v) is 2.61. The number of nitrogens with zero attached hydrogens (tertiary/aromatic N) is 3. The number of hydrogen-bond acceptors (Lipinski definition) is 6. The van der Waals surface area contributed by atoms with Gasteiger partial charge in [-0.15, -0.1) is 0 Å². The van der Waals surface area contributed by atoms with E-state index in [1.54, 1.807) is 0 Å². The Morgan fingerprint density at radius 3 is 2.45 bits per heavy atom. The van der Waals surface area contributed by atoms with E-state index in [0.717, 1.165) is 24.9 Å². The van der Waals surface area contributed by atoms with E-state index in [1.807, 2.05) is 13.8 Å². The third-order valence-electron chi connectivity index (χ3n) is 3.58. The van der Waals surface area contributed by atoms with E-state index < -0.39 is 0 Å². The first-order valence-corrected chi connectivity index (χ1v) is 7.57. The predicted molar refractivity (Wildman–Crippen MR) is 80.2 cm³/mol. The Kier molecular flexibility index (Phi) is 5.38. The van der Waals surface area contributed by atoms with Crippen LogP contribution in [0.5, 0.6) is 6.01 Å².